The zero-order valence-electron chi connectivity index (χ0n) is 16.1. The van der Waals surface area contributed by atoms with Gasteiger partial charge in [-0.25, -0.2) is 14.6 Å². The third-order valence-corrected chi connectivity index (χ3v) is 4.07. The lowest BCUT2D eigenvalue weighted by Gasteiger charge is -2.39. The van der Waals surface area contributed by atoms with E-state index in [9.17, 15) is 20.1 Å². The van der Waals surface area contributed by atoms with Crippen molar-refractivity contribution < 1.29 is 44.1 Å². The minimum absolute atomic E-state index is 0.111. The van der Waals surface area contributed by atoms with Crippen LogP contribution in [0.2, 0.25) is 0 Å². The molecule has 1 heterocycles. The van der Waals surface area contributed by atoms with Gasteiger partial charge in [-0.3, -0.25) is 5.32 Å². The number of benzene rings is 1. The van der Waals surface area contributed by atoms with Crippen molar-refractivity contribution in [1.82, 2.24) is 0 Å². The lowest BCUT2D eigenvalue weighted by Crippen LogP contribution is -2.59. The molecular formula is C19H27NO9. The minimum Gasteiger partial charge on any atom is -0.416 e. The predicted molar refractivity (Wildman–Crippen MR) is 101 cm³/mol. The molecule has 1 saturated heterocycles. The molecule has 0 radical (unpaired) electrons. The fraction of sp³-hybridized carbons (Fsp3) is 0.526. The highest BCUT2D eigenvalue weighted by Gasteiger charge is 2.45. The third kappa shape index (κ3) is 7.05. The van der Waals surface area contributed by atoms with Gasteiger partial charge in [0.15, 0.2) is 0 Å². The smallest absolute Gasteiger partial charge is 0.414 e. The Morgan fingerprint density at radius 1 is 1.17 bits per heavy atom. The molecule has 1 aromatic carbocycles. The van der Waals surface area contributed by atoms with Crippen LogP contribution in [-0.2, 0) is 30.6 Å². The first-order valence-electron chi connectivity index (χ1n) is 9.15. The Labute approximate surface area is 168 Å². The van der Waals surface area contributed by atoms with E-state index < -0.39 is 36.8 Å². The Kier molecular flexibility index (Phi) is 9.48. The first-order valence-corrected chi connectivity index (χ1v) is 9.15. The Balaban J connectivity index is 1.88. The average Bonchev–Trinajstić information content (AvgIpc) is 2.72. The average molecular weight is 413 g/mol. The number of hydrogen-bond acceptors (Lipinski definition) is 9. The molecule has 4 N–H and O–H groups in total. The summed E-state index contributed by atoms with van der Waals surface area (Å²) in [6.07, 6.45) is -6.76. The number of rotatable bonds is 10. The van der Waals surface area contributed by atoms with E-state index in [1.165, 1.54) is 6.08 Å². The normalized spacial score (nSPS) is 26.7. The zero-order chi connectivity index (χ0) is 21.2. The summed E-state index contributed by atoms with van der Waals surface area (Å²) in [5.74, 6) is 0. The first-order chi connectivity index (χ1) is 14.0. The minimum atomic E-state index is -1.64. The summed E-state index contributed by atoms with van der Waals surface area (Å²) < 4.78 is 15.7. The van der Waals surface area contributed by atoms with Crippen LogP contribution in [0, 0.1) is 0 Å². The zero-order valence-corrected chi connectivity index (χ0v) is 16.1. The second-order valence-electron chi connectivity index (χ2n) is 6.24. The molecule has 10 heteroatoms. The maximum atomic E-state index is 12.1. The van der Waals surface area contributed by atoms with Crippen LogP contribution in [0.5, 0.6) is 0 Å². The molecule has 0 bridgehead atoms. The van der Waals surface area contributed by atoms with Crippen LogP contribution in [0.1, 0.15) is 12.5 Å². The third-order valence-electron chi connectivity index (χ3n) is 4.07. The Hall–Kier alpha value is -2.05. The van der Waals surface area contributed by atoms with E-state index in [0.29, 0.717) is 18.9 Å². The molecule has 1 aliphatic heterocycles. The molecule has 162 valence electrons. The van der Waals surface area contributed by atoms with Crippen LogP contribution in [0.3, 0.4) is 0 Å². The van der Waals surface area contributed by atoms with Crippen molar-refractivity contribution in [1.29, 1.82) is 0 Å². The summed E-state index contributed by atoms with van der Waals surface area (Å²) in [5.41, 5.74) is 1.40. The van der Waals surface area contributed by atoms with E-state index in [-0.39, 0.29) is 13.2 Å². The van der Waals surface area contributed by atoms with E-state index in [2.05, 4.69) is 11.9 Å². The largest absolute Gasteiger partial charge is 0.416 e. The van der Waals surface area contributed by atoms with Crippen molar-refractivity contribution in [3.8, 4) is 0 Å². The van der Waals surface area contributed by atoms with Gasteiger partial charge in [0.05, 0.1) is 6.61 Å². The van der Waals surface area contributed by atoms with Crippen molar-refractivity contribution in [2.24, 2.45) is 0 Å². The highest BCUT2D eigenvalue weighted by molar-refractivity contribution is 5.84. The number of hydrogen-bond donors (Lipinski definition) is 4. The SMILES string of the molecule is C=CCOOCC1OC(OC(=O)Nc2ccc(COCC)cc2)C(O)C(O)C1O. The second-order valence-corrected chi connectivity index (χ2v) is 6.24. The number of ether oxygens (including phenoxy) is 3. The van der Waals surface area contributed by atoms with Crippen molar-refractivity contribution in [2.45, 2.75) is 44.2 Å². The number of nitrogens with one attached hydrogen (secondary N) is 1. The first kappa shape index (κ1) is 23.2. The molecule has 0 aromatic heterocycles. The predicted octanol–water partition coefficient (Wildman–Crippen LogP) is 0.713. The van der Waals surface area contributed by atoms with Gasteiger partial charge in [-0.2, -0.15) is 0 Å². The maximum Gasteiger partial charge on any atom is 0.414 e. The Bertz CT molecular complexity index is 639. The number of aliphatic hydroxyl groups is 3. The van der Waals surface area contributed by atoms with Gasteiger partial charge in [0.25, 0.3) is 0 Å². The highest BCUT2D eigenvalue weighted by atomic mass is 17.2. The molecule has 0 aliphatic carbocycles. The summed E-state index contributed by atoms with van der Waals surface area (Å²) in [6, 6.07) is 6.90. The van der Waals surface area contributed by atoms with Crippen LogP contribution in [0.25, 0.3) is 0 Å². The molecule has 1 amide bonds. The summed E-state index contributed by atoms with van der Waals surface area (Å²) in [6.45, 7) is 6.26. The molecule has 29 heavy (non-hydrogen) atoms. The molecule has 5 atom stereocenters. The lowest BCUT2D eigenvalue weighted by atomic mass is 9.99. The van der Waals surface area contributed by atoms with E-state index in [0.717, 1.165) is 5.56 Å². The van der Waals surface area contributed by atoms with E-state index >= 15 is 0 Å². The fourth-order valence-corrected chi connectivity index (χ4v) is 2.52. The van der Waals surface area contributed by atoms with Crippen LogP contribution in [-0.4, -0.2) is 71.9 Å². The molecular weight excluding hydrogens is 386 g/mol. The maximum absolute atomic E-state index is 12.1. The van der Waals surface area contributed by atoms with Gasteiger partial charge in [0.1, 0.15) is 37.6 Å². The summed E-state index contributed by atoms with van der Waals surface area (Å²) in [5, 5.41) is 32.5. The summed E-state index contributed by atoms with van der Waals surface area (Å²) in [7, 11) is 0. The van der Waals surface area contributed by atoms with Crippen LogP contribution in [0.15, 0.2) is 36.9 Å². The van der Waals surface area contributed by atoms with Gasteiger partial charge < -0.3 is 29.5 Å². The number of amides is 1. The highest BCUT2D eigenvalue weighted by Crippen LogP contribution is 2.23. The topological polar surface area (TPSA) is 136 Å². The van der Waals surface area contributed by atoms with Crippen molar-refractivity contribution in [3.63, 3.8) is 0 Å². The van der Waals surface area contributed by atoms with Crippen molar-refractivity contribution >= 4 is 11.8 Å². The molecule has 10 nitrogen and oxygen atoms in total. The van der Waals surface area contributed by atoms with E-state index in [1.807, 2.05) is 6.92 Å². The van der Waals surface area contributed by atoms with Gasteiger partial charge in [0, 0.05) is 12.3 Å². The summed E-state index contributed by atoms with van der Waals surface area (Å²) >= 11 is 0. The molecule has 0 spiro atoms. The number of carbonyl (C=O) groups is 1. The van der Waals surface area contributed by atoms with Gasteiger partial charge in [0.2, 0.25) is 6.29 Å². The number of anilines is 1. The fourth-order valence-electron chi connectivity index (χ4n) is 2.52. The van der Waals surface area contributed by atoms with Gasteiger partial charge in [-0.1, -0.05) is 18.2 Å². The lowest BCUT2D eigenvalue weighted by molar-refractivity contribution is -0.338. The molecule has 0 saturated carbocycles. The Morgan fingerprint density at radius 2 is 1.90 bits per heavy atom. The molecule has 5 unspecified atom stereocenters. The van der Waals surface area contributed by atoms with Gasteiger partial charge >= 0.3 is 6.09 Å². The monoisotopic (exact) mass is 413 g/mol. The standard InChI is InChI=1S/C19H27NO9/c1-3-9-26-27-11-14-15(21)16(22)17(23)18(28-14)29-19(24)20-13-7-5-12(6-8-13)10-25-4-2/h3,5-8,14-18,21-23H,1,4,9-11H2,2H3,(H,20,24). The van der Waals surface area contributed by atoms with E-state index in [1.54, 1.807) is 24.3 Å². The van der Waals surface area contributed by atoms with Crippen molar-refractivity contribution in [2.75, 3.05) is 25.1 Å². The van der Waals surface area contributed by atoms with Gasteiger partial charge in [-0.05, 0) is 24.6 Å². The Morgan fingerprint density at radius 3 is 2.55 bits per heavy atom. The second kappa shape index (κ2) is 11.8. The summed E-state index contributed by atoms with van der Waals surface area (Å²) in [4.78, 5) is 21.7. The van der Waals surface area contributed by atoms with Gasteiger partial charge in [-0.15, -0.1) is 6.58 Å². The van der Waals surface area contributed by atoms with Crippen LogP contribution in [0.4, 0.5) is 10.5 Å². The number of carbonyl (C=O) groups excluding carboxylic acids is 1. The molecule has 1 fully saturated rings. The molecule has 1 aromatic rings. The molecule has 2 rings (SSSR count). The quantitative estimate of drug-likeness (QED) is 0.189. The number of aliphatic hydroxyl groups excluding tert-OH is 3. The van der Waals surface area contributed by atoms with Crippen molar-refractivity contribution in [3.05, 3.63) is 42.5 Å². The molecule has 1 aliphatic rings. The van der Waals surface area contributed by atoms with Crippen LogP contribution < -0.4 is 5.32 Å². The van der Waals surface area contributed by atoms with Crippen LogP contribution >= 0.6 is 0 Å². The van der Waals surface area contributed by atoms with E-state index in [4.69, 9.17) is 24.0 Å².